The Morgan fingerprint density at radius 2 is 0.716 bits per heavy atom. The Morgan fingerprint density at radius 3 is 1.06 bits per heavy atom. The summed E-state index contributed by atoms with van der Waals surface area (Å²) in [6, 6.07) is -6.15. The lowest BCUT2D eigenvalue weighted by molar-refractivity contribution is -0.272. The van der Waals surface area contributed by atoms with E-state index < -0.39 is 178 Å². The molecule has 17 N–H and O–H groups in total. The molecule has 36 heteroatoms. The van der Waals surface area contributed by atoms with Gasteiger partial charge >= 0.3 is 0 Å². The predicted molar refractivity (Wildman–Crippen MR) is 295 cm³/mol. The van der Waals surface area contributed by atoms with E-state index in [1.807, 2.05) is 0 Å². The standard InChI is InChI=1S/C52H92N8O28/c1-28(64)56-39-45(73)42(70)33(25-61)86-50(39)83-22-19-80-14-10-53-36(67)7-5-31(48(76)54-11-15-81-20-23-84-51-40(57-29(2)65)46(74)43(71)34(26-62)87-51)59-37(68)8-6-32(60-38(69)9-13-79-18-17-78-4)49(77)55-12-16-82-21-24-85-52-41(58-30(3)66)47(75)44(72)35(27-63)88-52/h31-35,39-47,50-52,61-63,70-75H,5-27H2,1-4H3,(H,53,67)(H,54,76)(H,55,77)(H,56,64)(H,57,65)(H,58,66)(H,59,68)(H,60,69). The fraction of sp³-hybridized carbons (Fsp3) is 0.846. The number of hydrogen-bond acceptors (Lipinski definition) is 28. The highest BCUT2D eigenvalue weighted by atomic mass is 16.7. The topological polar surface area (TPSA) is 516 Å². The molecule has 17 atom stereocenters. The smallest absolute Gasteiger partial charge is 0.242 e. The van der Waals surface area contributed by atoms with Crippen molar-refractivity contribution in [2.75, 3.05) is 126 Å². The molecule has 36 nitrogen and oxygen atoms in total. The van der Waals surface area contributed by atoms with Gasteiger partial charge in [-0.3, -0.25) is 38.4 Å². The third kappa shape index (κ3) is 28.0. The van der Waals surface area contributed by atoms with Crippen molar-refractivity contribution in [1.29, 1.82) is 0 Å². The zero-order valence-electron chi connectivity index (χ0n) is 49.9. The second-order valence-electron chi connectivity index (χ2n) is 20.4. The summed E-state index contributed by atoms with van der Waals surface area (Å²) in [6.45, 7) is 0.923. The minimum absolute atomic E-state index is 0.0165. The molecule has 508 valence electrons. The number of nitrogens with one attached hydrogen (secondary N) is 8. The number of hydrogen-bond donors (Lipinski definition) is 17. The van der Waals surface area contributed by atoms with Gasteiger partial charge in [0.15, 0.2) is 18.9 Å². The quantitative estimate of drug-likeness (QED) is 0.0252. The molecular weight excluding hydrogens is 1180 g/mol. The van der Waals surface area contributed by atoms with Crippen LogP contribution < -0.4 is 42.5 Å². The number of carbonyl (C=O) groups excluding carboxylic acids is 8. The van der Waals surface area contributed by atoms with Crippen molar-refractivity contribution in [2.24, 2.45) is 0 Å². The van der Waals surface area contributed by atoms with Crippen LogP contribution in [-0.4, -0.2) is 323 Å². The summed E-state index contributed by atoms with van der Waals surface area (Å²) in [5, 5.41) is 111. The van der Waals surface area contributed by atoms with Crippen LogP contribution in [0.15, 0.2) is 0 Å². The van der Waals surface area contributed by atoms with Gasteiger partial charge in [-0.25, -0.2) is 0 Å². The largest absolute Gasteiger partial charge is 0.394 e. The van der Waals surface area contributed by atoms with Crippen molar-refractivity contribution < 1.29 is 136 Å². The third-order valence-electron chi connectivity index (χ3n) is 13.5. The number of amides is 8. The number of ether oxygens (including phenoxy) is 11. The van der Waals surface area contributed by atoms with Crippen molar-refractivity contribution in [3.05, 3.63) is 0 Å². The summed E-state index contributed by atoms with van der Waals surface area (Å²) in [5.74, 6) is -4.96. The van der Waals surface area contributed by atoms with Crippen molar-refractivity contribution in [1.82, 2.24) is 42.5 Å². The van der Waals surface area contributed by atoms with E-state index in [-0.39, 0.29) is 125 Å². The van der Waals surface area contributed by atoms with Gasteiger partial charge in [0.1, 0.15) is 85.1 Å². The molecule has 3 aliphatic rings. The first-order chi connectivity index (χ1) is 42.1. The number of aliphatic hydroxyl groups excluding tert-OH is 9. The van der Waals surface area contributed by atoms with Crippen LogP contribution >= 0.6 is 0 Å². The zero-order chi connectivity index (χ0) is 65.1. The Labute approximate surface area is 507 Å². The summed E-state index contributed by atoms with van der Waals surface area (Å²) in [6.07, 6.45) is -17.9. The predicted octanol–water partition coefficient (Wildman–Crippen LogP) is -10.2. The minimum Gasteiger partial charge on any atom is -0.394 e. The lowest BCUT2D eigenvalue weighted by atomic mass is 9.97. The molecule has 3 fully saturated rings. The molecule has 0 aromatic heterocycles. The van der Waals surface area contributed by atoms with Gasteiger partial charge in [-0.2, -0.15) is 0 Å². The molecule has 0 bridgehead atoms. The second-order valence-corrected chi connectivity index (χ2v) is 20.4. The van der Waals surface area contributed by atoms with Crippen molar-refractivity contribution in [3.8, 4) is 0 Å². The Bertz CT molecular complexity index is 2090. The maximum Gasteiger partial charge on any atom is 0.242 e. The monoisotopic (exact) mass is 1280 g/mol. The van der Waals surface area contributed by atoms with Crippen LogP contribution in [0.3, 0.4) is 0 Å². The first kappa shape index (κ1) is 77.2. The van der Waals surface area contributed by atoms with E-state index in [4.69, 9.17) is 52.1 Å². The number of methoxy groups -OCH3 is 1. The van der Waals surface area contributed by atoms with Crippen LogP contribution in [0.25, 0.3) is 0 Å². The molecule has 0 radical (unpaired) electrons. The van der Waals surface area contributed by atoms with Crippen LogP contribution in [0.4, 0.5) is 0 Å². The molecule has 3 rings (SSSR count). The van der Waals surface area contributed by atoms with Gasteiger partial charge < -0.3 is 141 Å². The van der Waals surface area contributed by atoms with Crippen LogP contribution in [0.5, 0.6) is 0 Å². The van der Waals surface area contributed by atoms with Gasteiger partial charge in [-0.1, -0.05) is 0 Å². The summed E-state index contributed by atoms with van der Waals surface area (Å²) < 4.78 is 60.3. The number of rotatable bonds is 43. The lowest BCUT2D eigenvalue weighted by Crippen LogP contribution is -2.64. The Morgan fingerprint density at radius 1 is 0.398 bits per heavy atom. The zero-order valence-corrected chi connectivity index (χ0v) is 49.9. The fourth-order valence-electron chi connectivity index (χ4n) is 8.94. The first-order valence-electron chi connectivity index (χ1n) is 28.8. The van der Waals surface area contributed by atoms with Gasteiger partial charge in [-0.15, -0.1) is 0 Å². The first-order valence-corrected chi connectivity index (χ1v) is 28.8. The molecule has 3 aliphatic heterocycles. The van der Waals surface area contributed by atoms with E-state index in [0.29, 0.717) is 0 Å². The molecule has 0 aromatic rings. The van der Waals surface area contributed by atoms with Crippen LogP contribution in [0.2, 0.25) is 0 Å². The van der Waals surface area contributed by atoms with E-state index in [2.05, 4.69) is 42.5 Å². The molecule has 17 unspecified atom stereocenters. The molecule has 0 saturated carbocycles. The van der Waals surface area contributed by atoms with Crippen LogP contribution in [0.1, 0.15) is 52.9 Å². The minimum atomic E-state index is -1.54. The Hall–Kier alpha value is -5.04. The van der Waals surface area contributed by atoms with Crippen LogP contribution in [-0.2, 0) is 90.5 Å². The average Bonchev–Trinajstić information content (AvgIpc) is 1.13. The molecular formula is C52H92N8O28. The van der Waals surface area contributed by atoms with E-state index in [1.165, 1.54) is 27.9 Å². The fourth-order valence-corrected chi connectivity index (χ4v) is 8.94. The summed E-state index contributed by atoms with van der Waals surface area (Å²) in [7, 11) is 1.47. The van der Waals surface area contributed by atoms with Crippen molar-refractivity contribution in [3.63, 3.8) is 0 Å². The Kier molecular flexibility index (Phi) is 37.6. The van der Waals surface area contributed by atoms with E-state index in [9.17, 15) is 84.3 Å². The summed E-state index contributed by atoms with van der Waals surface area (Å²) in [4.78, 5) is 102. The second kappa shape index (κ2) is 42.9. The summed E-state index contributed by atoms with van der Waals surface area (Å²) >= 11 is 0. The maximum atomic E-state index is 13.6. The molecule has 3 heterocycles. The SMILES string of the molecule is COCCOCCC(=O)NC(CCC(=O)NC(CCC(=O)NCCOCCOC1OC(CO)C(O)C(O)C1NC(C)=O)C(=O)NCCOCCOC1OC(CO)C(O)C(O)C1NC(C)=O)C(=O)NCCOCCOC1OC(CO)C(O)C(O)C1NC(C)=O. The van der Waals surface area contributed by atoms with E-state index in [0.717, 1.165) is 0 Å². The molecule has 88 heavy (non-hydrogen) atoms. The van der Waals surface area contributed by atoms with E-state index >= 15 is 0 Å². The van der Waals surface area contributed by atoms with E-state index in [1.54, 1.807) is 0 Å². The molecule has 0 aliphatic carbocycles. The maximum absolute atomic E-state index is 13.6. The van der Waals surface area contributed by atoms with Crippen molar-refractivity contribution >= 4 is 47.3 Å². The molecule has 8 amide bonds. The van der Waals surface area contributed by atoms with Gasteiger partial charge in [0.05, 0.1) is 99.1 Å². The molecule has 3 saturated heterocycles. The number of carbonyl (C=O) groups is 8. The van der Waals surface area contributed by atoms with Crippen molar-refractivity contribution in [2.45, 2.75) is 157 Å². The normalized spacial score (nSPS) is 27.7. The van der Waals surface area contributed by atoms with Gasteiger partial charge in [0.2, 0.25) is 47.3 Å². The van der Waals surface area contributed by atoms with Gasteiger partial charge in [-0.05, 0) is 12.8 Å². The average molecular weight is 1280 g/mol. The highest BCUT2D eigenvalue weighted by molar-refractivity contribution is 5.90. The molecule has 0 aromatic carbocycles. The summed E-state index contributed by atoms with van der Waals surface area (Å²) in [5.41, 5.74) is 0. The lowest BCUT2D eigenvalue weighted by Gasteiger charge is -2.42. The number of aliphatic hydroxyl groups is 9. The van der Waals surface area contributed by atoms with Gasteiger partial charge in [0, 0.05) is 66.8 Å². The van der Waals surface area contributed by atoms with Crippen LogP contribution in [0, 0.1) is 0 Å². The highest BCUT2D eigenvalue weighted by Gasteiger charge is 2.48. The van der Waals surface area contributed by atoms with Gasteiger partial charge in [0.25, 0.3) is 0 Å². The Balaban J connectivity index is 1.59. The molecule has 0 spiro atoms. The third-order valence-corrected chi connectivity index (χ3v) is 13.5. The highest BCUT2D eigenvalue weighted by Crippen LogP contribution is 2.25.